The van der Waals surface area contributed by atoms with E-state index in [0.717, 1.165) is 40.3 Å². The van der Waals surface area contributed by atoms with Gasteiger partial charge in [-0.2, -0.15) is 5.10 Å². The van der Waals surface area contributed by atoms with Crippen molar-refractivity contribution in [2.45, 2.75) is 50.2 Å². The van der Waals surface area contributed by atoms with Crippen molar-refractivity contribution in [1.29, 1.82) is 0 Å². The summed E-state index contributed by atoms with van der Waals surface area (Å²) in [6.07, 6.45) is 1.67. The first-order chi connectivity index (χ1) is 17.8. The van der Waals surface area contributed by atoms with E-state index < -0.39 is 0 Å². The number of benzene rings is 3. The lowest BCUT2D eigenvalue weighted by atomic mass is 9.89. The summed E-state index contributed by atoms with van der Waals surface area (Å²) in [6.45, 7) is 6.29. The molecule has 1 aromatic heterocycles. The summed E-state index contributed by atoms with van der Waals surface area (Å²) in [4.78, 5) is 14.2. The molecule has 3 N–H and O–H groups in total. The Kier molecular flexibility index (Phi) is 7.29. The molecule has 0 radical (unpaired) electrons. The molecule has 5 rings (SSSR count). The maximum absolute atomic E-state index is 13.1. The molecular weight excluding hydrogens is 504 g/mol. The largest absolute Gasteiger partial charge is 0.487 e. The number of aromatic amines is 1. The van der Waals surface area contributed by atoms with Crippen LogP contribution in [-0.4, -0.2) is 21.7 Å². The van der Waals surface area contributed by atoms with Gasteiger partial charge in [0.2, 0.25) is 0 Å². The number of halogens is 1. The maximum atomic E-state index is 13.1. The minimum absolute atomic E-state index is 0.0183. The van der Waals surface area contributed by atoms with Crippen molar-refractivity contribution in [3.8, 4) is 17.0 Å². The molecule has 0 saturated heterocycles. The molecule has 0 fully saturated rings. The zero-order chi connectivity index (χ0) is 26.0. The summed E-state index contributed by atoms with van der Waals surface area (Å²) >= 11 is 7.84. The van der Waals surface area contributed by atoms with Gasteiger partial charge in [-0.3, -0.25) is 14.6 Å². The highest BCUT2D eigenvalue weighted by Gasteiger charge is 2.34. The van der Waals surface area contributed by atoms with Crippen LogP contribution in [0.2, 0.25) is 5.02 Å². The number of fused-ring (bicyclic) bond motifs is 1. The van der Waals surface area contributed by atoms with E-state index in [2.05, 4.69) is 47.1 Å². The Morgan fingerprint density at radius 2 is 1.95 bits per heavy atom. The van der Waals surface area contributed by atoms with Crippen molar-refractivity contribution >= 4 is 35.3 Å². The monoisotopic (exact) mass is 532 g/mol. The van der Waals surface area contributed by atoms with Gasteiger partial charge in [-0.05, 0) is 73.7 Å². The van der Waals surface area contributed by atoms with Crippen molar-refractivity contribution < 1.29 is 9.53 Å². The molecule has 0 spiro atoms. The van der Waals surface area contributed by atoms with Crippen LogP contribution in [0.25, 0.3) is 11.3 Å². The maximum Gasteiger partial charge on any atom is 0.256 e. The van der Waals surface area contributed by atoms with Gasteiger partial charge < -0.3 is 10.1 Å². The number of rotatable bonds is 7. The predicted octanol–water partition coefficient (Wildman–Crippen LogP) is 7.44. The third kappa shape index (κ3) is 5.85. The number of nitrogens with one attached hydrogen (secondary N) is 3. The first-order valence-electron chi connectivity index (χ1n) is 12.3. The van der Waals surface area contributed by atoms with Crippen LogP contribution in [0.3, 0.4) is 0 Å². The molecule has 1 aliphatic rings. The van der Waals surface area contributed by atoms with Crippen LogP contribution in [0.15, 0.2) is 77.7 Å². The molecule has 1 unspecified atom stereocenters. The summed E-state index contributed by atoms with van der Waals surface area (Å²) in [5.74, 6) is 1.02. The topological polar surface area (TPSA) is 79.0 Å². The van der Waals surface area contributed by atoms with Crippen LogP contribution < -0.4 is 14.8 Å². The quantitative estimate of drug-likeness (QED) is 0.215. The molecule has 37 heavy (non-hydrogen) atoms. The Morgan fingerprint density at radius 1 is 1.14 bits per heavy atom. The molecule has 1 atom stereocenters. The first kappa shape index (κ1) is 25.4. The van der Waals surface area contributed by atoms with Crippen LogP contribution in [0.4, 0.5) is 5.82 Å². The van der Waals surface area contributed by atoms with Gasteiger partial charge in [0.05, 0.1) is 5.69 Å². The molecule has 1 aliphatic heterocycles. The molecule has 2 heterocycles. The van der Waals surface area contributed by atoms with Crippen LogP contribution in [0, 0.1) is 0 Å². The lowest BCUT2D eigenvalue weighted by Gasteiger charge is -2.38. The van der Waals surface area contributed by atoms with Gasteiger partial charge in [0.1, 0.15) is 11.4 Å². The van der Waals surface area contributed by atoms with Gasteiger partial charge in [0.15, 0.2) is 5.82 Å². The molecule has 0 aliphatic carbocycles. The number of anilines is 1. The van der Waals surface area contributed by atoms with Crippen LogP contribution in [0.1, 0.15) is 54.7 Å². The van der Waals surface area contributed by atoms with E-state index in [-0.39, 0.29) is 17.6 Å². The number of H-pyrrole nitrogens is 1. The fourth-order valence-corrected chi connectivity index (χ4v) is 5.74. The van der Waals surface area contributed by atoms with Gasteiger partial charge in [-0.25, -0.2) is 0 Å². The first-order valence-corrected chi connectivity index (χ1v) is 13.5. The number of ether oxygens (including phenoxy) is 1. The summed E-state index contributed by atoms with van der Waals surface area (Å²) in [6, 6.07) is 23.2. The van der Waals surface area contributed by atoms with Crippen LogP contribution >= 0.6 is 23.5 Å². The van der Waals surface area contributed by atoms with E-state index in [0.29, 0.717) is 16.4 Å². The molecule has 4 aromatic rings. The van der Waals surface area contributed by atoms with E-state index >= 15 is 0 Å². The van der Waals surface area contributed by atoms with Gasteiger partial charge in [0.25, 0.3) is 5.91 Å². The number of aromatic nitrogens is 2. The van der Waals surface area contributed by atoms with Crippen molar-refractivity contribution in [2.75, 3.05) is 5.32 Å². The SMILES string of the molecule is CCc1ccc(Cl)cc1SNC1CC(C)(C)Oc2ccc(C(=O)Nc3cc(-c4ccccc4)[nH]n3)cc21. The van der Waals surface area contributed by atoms with Crippen molar-refractivity contribution in [1.82, 2.24) is 14.9 Å². The van der Waals surface area contributed by atoms with E-state index in [4.69, 9.17) is 16.3 Å². The van der Waals surface area contributed by atoms with Gasteiger partial charge in [-0.1, -0.05) is 54.9 Å². The number of carbonyl (C=O) groups is 1. The highest BCUT2D eigenvalue weighted by Crippen LogP contribution is 2.42. The molecule has 8 heteroatoms. The lowest BCUT2D eigenvalue weighted by molar-refractivity contribution is 0.0706. The Labute approximate surface area is 226 Å². The molecular formula is C29H29ClN4O2S. The standard InChI is InChI=1S/C29H29ClN4O2S/c1-4-18-10-12-21(30)15-26(18)37-34-24-17-29(2,3)36-25-13-11-20(14-22(24)25)28(35)31-27-16-23(32-33-27)19-8-6-5-7-9-19/h5-16,24,34H,4,17H2,1-3H3,(H2,31,32,33,35). The summed E-state index contributed by atoms with van der Waals surface area (Å²) in [5, 5.41) is 10.9. The average Bonchev–Trinajstić information content (AvgIpc) is 3.35. The third-order valence-corrected chi connectivity index (χ3v) is 7.59. The number of hydrogen-bond acceptors (Lipinski definition) is 5. The number of hydrogen-bond donors (Lipinski definition) is 3. The minimum Gasteiger partial charge on any atom is -0.487 e. The summed E-state index contributed by atoms with van der Waals surface area (Å²) < 4.78 is 9.87. The minimum atomic E-state index is -0.347. The highest BCUT2D eigenvalue weighted by atomic mass is 35.5. The predicted molar refractivity (Wildman–Crippen MR) is 150 cm³/mol. The lowest BCUT2D eigenvalue weighted by Crippen LogP contribution is -2.38. The second kappa shape index (κ2) is 10.6. The third-order valence-electron chi connectivity index (χ3n) is 6.35. The van der Waals surface area contributed by atoms with Gasteiger partial charge in [-0.15, -0.1) is 0 Å². The van der Waals surface area contributed by atoms with Crippen LogP contribution in [-0.2, 0) is 6.42 Å². The molecule has 3 aromatic carbocycles. The smallest absolute Gasteiger partial charge is 0.256 e. The fourth-order valence-electron chi connectivity index (χ4n) is 4.49. The van der Waals surface area contributed by atoms with E-state index in [1.165, 1.54) is 5.56 Å². The molecule has 190 valence electrons. The number of carbonyl (C=O) groups excluding carboxylic acids is 1. The van der Waals surface area contributed by atoms with Gasteiger partial charge in [0, 0.05) is 39.6 Å². The fraction of sp³-hybridized carbons (Fsp3) is 0.241. The van der Waals surface area contributed by atoms with Gasteiger partial charge >= 0.3 is 0 Å². The van der Waals surface area contributed by atoms with E-state index in [1.54, 1.807) is 18.0 Å². The number of amides is 1. The number of aryl methyl sites for hydroxylation is 1. The summed E-state index contributed by atoms with van der Waals surface area (Å²) in [7, 11) is 0. The zero-order valence-corrected chi connectivity index (χ0v) is 22.5. The Balaban J connectivity index is 1.36. The Morgan fingerprint density at radius 3 is 2.73 bits per heavy atom. The van der Waals surface area contributed by atoms with E-state index in [9.17, 15) is 4.79 Å². The Bertz CT molecular complexity index is 1420. The molecule has 6 nitrogen and oxygen atoms in total. The Hall–Kier alpha value is -3.26. The zero-order valence-electron chi connectivity index (χ0n) is 21.0. The second-order valence-corrected chi connectivity index (χ2v) is 11.0. The van der Waals surface area contributed by atoms with Crippen molar-refractivity contribution in [2.24, 2.45) is 0 Å². The average molecular weight is 533 g/mol. The number of nitrogens with zero attached hydrogens (tertiary/aromatic N) is 1. The van der Waals surface area contributed by atoms with Crippen molar-refractivity contribution in [3.63, 3.8) is 0 Å². The molecule has 1 amide bonds. The highest BCUT2D eigenvalue weighted by molar-refractivity contribution is 7.97. The molecule has 0 bridgehead atoms. The van der Waals surface area contributed by atoms with Crippen LogP contribution in [0.5, 0.6) is 5.75 Å². The second-order valence-electron chi connectivity index (χ2n) is 9.68. The molecule has 0 saturated carbocycles. The van der Waals surface area contributed by atoms with Crippen molar-refractivity contribution in [3.05, 3.63) is 94.5 Å². The normalized spacial score (nSPS) is 16.1. The van der Waals surface area contributed by atoms with E-state index in [1.807, 2.05) is 60.7 Å². The summed E-state index contributed by atoms with van der Waals surface area (Å²) in [5.41, 5.74) is 4.22.